The van der Waals surface area contributed by atoms with Crippen molar-refractivity contribution in [2.75, 3.05) is 0 Å². The highest BCUT2D eigenvalue weighted by Crippen LogP contribution is 2.51. The normalized spacial score (nSPS) is 23.4. The van der Waals surface area contributed by atoms with Gasteiger partial charge in [0.25, 0.3) is 5.69 Å². The SMILES string of the molecule is CC1(C)CCC2=C(C1=O)C(c1cccc([N+](=O)[O-])c1)C1=C(CCC(C)(C)C1=O)N2. The van der Waals surface area contributed by atoms with Crippen LogP contribution in [0.25, 0.3) is 0 Å². The number of benzene rings is 1. The molecule has 6 nitrogen and oxygen atoms in total. The molecule has 0 spiro atoms. The molecule has 0 aromatic heterocycles. The lowest BCUT2D eigenvalue weighted by atomic mass is 9.62. The average Bonchev–Trinajstić information content (AvgIpc) is 2.67. The van der Waals surface area contributed by atoms with Crippen molar-refractivity contribution in [3.05, 3.63) is 62.5 Å². The lowest BCUT2D eigenvalue weighted by Crippen LogP contribution is -2.44. The molecule has 6 heteroatoms. The fourth-order valence-electron chi connectivity index (χ4n) is 4.72. The van der Waals surface area contributed by atoms with Gasteiger partial charge in [-0.3, -0.25) is 19.7 Å². The third-order valence-corrected chi connectivity index (χ3v) is 6.66. The second kappa shape index (κ2) is 6.37. The first-order chi connectivity index (χ1) is 13.5. The number of carbonyl (C=O) groups excluding carboxylic acids is 2. The number of nitro benzene ring substituents is 1. The summed E-state index contributed by atoms with van der Waals surface area (Å²) in [5.41, 5.74) is 2.51. The van der Waals surface area contributed by atoms with Gasteiger partial charge in [0, 0.05) is 51.4 Å². The van der Waals surface area contributed by atoms with Crippen LogP contribution in [0.5, 0.6) is 0 Å². The zero-order chi connectivity index (χ0) is 21.1. The van der Waals surface area contributed by atoms with Gasteiger partial charge in [-0.2, -0.15) is 0 Å². The molecular weight excluding hydrogens is 368 g/mol. The molecule has 0 unspecified atom stereocenters. The molecule has 29 heavy (non-hydrogen) atoms. The number of nitro groups is 1. The van der Waals surface area contributed by atoms with E-state index in [0.29, 0.717) is 16.7 Å². The topological polar surface area (TPSA) is 89.3 Å². The Bertz CT molecular complexity index is 961. The summed E-state index contributed by atoms with van der Waals surface area (Å²) in [4.78, 5) is 37.9. The Morgan fingerprint density at radius 2 is 1.48 bits per heavy atom. The molecule has 0 saturated heterocycles. The monoisotopic (exact) mass is 394 g/mol. The van der Waals surface area contributed by atoms with Crippen molar-refractivity contribution in [3.63, 3.8) is 0 Å². The van der Waals surface area contributed by atoms with E-state index in [4.69, 9.17) is 0 Å². The molecule has 1 aromatic carbocycles. The Balaban J connectivity index is 1.95. The Morgan fingerprint density at radius 3 is 1.97 bits per heavy atom. The van der Waals surface area contributed by atoms with Gasteiger partial charge < -0.3 is 5.32 Å². The van der Waals surface area contributed by atoms with Crippen LogP contribution in [-0.2, 0) is 9.59 Å². The first-order valence-corrected chi connectivity index (χ1v) is 10.1. The molecule has 0 radical (unpaired) electrons. The molecule has 4 rings (SSSR count). The van der Waals surface area contributed by atoms with Crippen molar-refractivity contribution >= 4 is 17.3 Å². The number of carbonyl (C=O) groups is 2. The third kappa shape index (κ3) is 3.02. The molecule has 152 valence electrons. The average molecular weight is 394 g/mol. The maximum atomic E-state index is 13.5. The maximum Gasteiger partial charge on any atom is 0.269 e. The van der Waals surface area contributed by atoms with E-state index in [0.717, 1.165) is 37.1 Å². The van der Waals surface area contributed by atoms with E-state index >= 15 is 0 Å². The number of hydrogen-bond acceptors (Lipinski definition) is 5. The van der Waals surface area contributed by atoms with Crippen LogP contribution in [0.4, 0.5) is 5.69 Å². The lowest BCUT2D eigenvalue weighted by molar-refractivity contribution is -0.384. The predicted octanol–water partition coefficient (Wildman–Crippen LogP) is 4.57. The fraction of sp³-hybridized carbons (Fsp3) is 0.478. The number of dihydropyridines is 1. The summed E-state index contributed by atoms with van der Waals surface area (Å²) in [5.74, 6) is -0.517. The summed E-state index contributed by atoms with van der Waals surface area (Å²) in [5, 5.41) is 14.8. The number of rotatable bonds is 2. The van der Waals surface area contributed by atoms with Crippen LogP contribution >= 0.6 is 0 Å². The van der Waals surface area contributed by atoms with Gasteiger partial charge in [-0.05, 0) is 31.2 Å². The predicted molar refractivity (Wildman–Crippen MR) is 109 cm³/mol. The van der Waals surface area contributed by atoms with Crippen LogP contribution in [0, 0.1) is 20.9 Å². The lowest BCUT2D eigenvalue weighted by Gasteiger charge is -2.43. The van der Waals surface area contributed by atoms with Crippen LogP contribution in [0.3, 0.4) is 0 Å². The smallest absolute Gasteiger partial charge is 0.269 e. The summed E-state index contributed by atoms with van der Waals surface area (Å²) in [7, 11) is 0. The van der Waals surface area contributed by atoms with E-state index in [-0.39, 0.29) is 17.3 Å². The highest BCUT2D eigenvalue weighted by atomic mass is 16.6. The summed E-state index contributed by atoms with van der Waals surface area (Å²) in [6, 6.07) is 6.37. The number of allylic oxidation sites excluding steroid dienone is 4. The molecule has 0 bridgehead atoms. The molecule has 1 heterocycles. The van der Waals surface area contributed by atoms with Gasteiger partial charge in [0.2, 0.25) is 0 Å². The van der Waals surface area contributed by atoms with E-state index in [9.17, 15) is 19.7 Å². The van der Waals surface area contributed by atoms with Crippen molar-refractivity contribution in [1.82, 2.24) is 5.32 Å². The number of hydrogen-bond donors (Lipinski definition) is 1. The highest BCUT2D eigenvalue weighted by Gasteiger charge is 2.48. The van der Waals surface area contributed by atoms with Crippen LogP contribution < -0.4 is 5.32 Å². The second-order valence-corrected chi connectivity index (χ2v) is 9.62. The zero-order valence-electron chi connectivity index (χ0n) is 17.3. The van der Waals surface area contributed by atoms with Crippen LogP contribution in [0.2, 0.25) is 0 Å². The number of ketones is 2. The molecule has 1 aromatic rings. The number of non-ortho nitro benzene ring substituents is 1. The second-order valence-electron chi connectivity index (χ2n) is 9.62. The zero-order valence-corrected chi connectivity index (χ0v) is 17.3. The minimum Gasteiger partial charge on any atom is -0.362 e. The Morgan fingerprint density at radius 1 is 0.966 bits per heavy atom. The van der Waals surface area contributed by atoms with Gasteiger partial charge >= 0.3 is 0 Å². The molecule has 1 aliphatic heterocycles. The first-order valence-electron chi connectivity index (χ1n) is 10.1. The summed E-state index contributed by atoms with van der Waals surface area (Å²) in [6.45, 7) is 7.72. The molecule has 2 aliphatic carbocycles. The van der Waals surface area contributed by atoms with Crippen LogP contribution in [-0.4, -0.2) is 16.5 Å². The first kappa shape index (κ1) is 19.6. The minimum atomic E-state index is -0.555. The van der Waals surface area contributed by atoms with Crippen molar-refractivity contribution < 1.29 is 14.5 Å². The number of nitrogens with one attached hydrogen (secondary N) is 1. The van der Waals surface area contributed by atoms with Crippen molar-refractivity contribution in [3.8, 4) is 0 Å². The molecule has 0 amide bonds. The van der Waals surface area contributed by atoms with Gasteiger partial charge in [0.15, 0.2) is 11.6 Å². The van der Waals surface area contributed by atoms with Crippen LogP contribution in [0.1, 0.15) is 64.9 Å². The van der Waals surface area contributed by atoms with Crippen molar-refractivity contribution in [2.45, 2.75) is 59.3 Å². The maximum absolute atomic E-state index is 13.5. The van der Waals surface area contributed by atoms with Crippen molar-refractivity contribution in [2.24, 2.45) is 10.8 Å². The van der Waals surface area contributed by atoms with E-state index in [1.54, 1.807) is 12.1 Å². The quantitative estimate of drug-likeness (QED) is 0.586. The Labute approximate surface area is 170 Å². The standard InChI is InChI=1S/C23H26N2O4/c1-22(2)10-8-15-18(20(22)26)17(13-6-5-7-14(12-13)25(28)29)19-16(24-15)9-11-23(3,4)21(19)27/h5-7,12,17,24H,8-11H2,1-4H3. The van der Waals surface area contributed by atoms with Crippen molar-refractivity contribution in [1.29, 1.82) is 0 Å². The molecule has 1 N–H and O–H groups in total. The van der Waals surface area contributed by atoms with Gasteiger partial charge in [0.05, 0.1) is 4.92 Å². The Kier molecular flexibility index (Phi) is 4.30. The van der Waals surface area contributed by atoms with Gasteiger partial charge in [-0.15, -0.1) is 0 Å². The molecule has 0 atom stereocenters. The summed E-state index contributed by atoms with van der Waals surface area (Å²) < 4.78 is 0. The number of nitrogens with zero attached hydrogens (tertiary/aromatic N) is 1. The van der Waals surface area contributed by atoms with E-state index < -0.39 is 21.7 Å². The van der Waals surface area contributed by atoms with Crippen LogP contribution in [0.15, 0.2) is 46.8 Å². The third-order valence-electron chi connectivity index (χ3n) is 6.66. The highest BCUT2D eigenvalue weighted by molar-refractivity contribution is 6.09. The largest absolute Gasteiger partial charge is 0.362 e. The molecular formula is C23H26N2O4. The van der Waals surface area contributed by atoms with E-state index in [2.05, 4.69) is 5.32 Å². The fourth-order valence-corrected chi connectivity index (χ4v) is 4.72. The molecule has 3 aliphatic rings. The summed E-state index contributed by atoms with van der Waals surface area (Å²) in [6.07, 6.45) is 2.94. The minimum absolute atomic E-state index is 0.0190. The van der Waals surface area contributed by atoms with Gasteiger partial charge in [0.1, 0.15) is 0 Å². The number of Topliss-reactive ketones (excluding diaryl/α,β-unsaturated/α-hetero) is 2. The van der Waals surface area contributed by atoms with Gasteiger partial charge in [-0.1, -0.05) is 39.8 Å². The summed E-state index contributed by atoms with van der Waals surface area (Å²) >= 11 is 0. The van der Waals surface area contributed by atoms with Gasteiger partial charge in [-0.25, -0.2) is 0 Å². The molecule has 0 fully saturated rings. The van der Waals surface area contributed by atoms with E-state index in [1.165, 1.54) is 12.1 Å². The Hall–Kier alpha value is -2.76. The molecule has 0 saturated carbocycles. The van der Waals surface area contributed by atoms with E-state index in [1.807, 2.05) is 27.7 Å².